The van der Waals surface area contributed by atoms with Crippen molar-refractivity contribution in [3.8, 4) is 0 Å². The Balaban J connectivity index is 3.61. The molecule has 0 aromatic heterocycles. The summed E-state index contributed by atoms with van der Waals surface area (Å²) in [6, 6.07) is 0. The van der Waals surface area contributed by atoms with E-state index in [4.69, 9.17) is 5.11 Å². The summed E-state index contributed by atoms with van der Waals surface area (Å²) in [6.07, 6.45) is 2.40. The maximum absolute atomic E-state index is 10.4. The van der Waals surface area contributed by atoms with Crippen LogP contribution in [0.25, 0.3) is 0 Å². The number of hydrogen-bond donors (Lipinski definition) is 2. The molecule has 1 N–H and O–H groups in total. The van der Waals surface area contributed by atoms with Gasteiger partial charge < -0.3 is 5.11 Å². The fourth-order valence-corrected chi connectivity index (χ4v) is 1.21. The highest BCUT2D eigenvalue weighted by molar-refractivity contribution is 7.80. The molecule has 0 radical (unpaired) electrons. The van der Waals surface area contributed by atoms with Gasteiger partial charge in [-0.15, -0.1) is 0 Å². The number of thiol groups is 1. The fraction of sp³-hybridized carbons (Fsp3) is 0.857. The zero-order valence-corrected chi connectivity index (χ0v) is 7.10. The third kappa shape index (κ3) is 3.77. The smallest absolute Gasteiger partial charge is 0.306 e. The molecule has 0 fully saturated rings. The maximum Gasteiger partial charge on any atom is 0.306 e. The molecule has 0 saturated heterocycles. The summed E-state index contributed by atoms with van der Waals surface area (Å²) >= 11 is 3.98. The predicted molar refractivity (Wildman–Crippen MR) is 44.5 cm³/mol. The number of hydrogen-bond acceptors (Lipinski definition) is 2. The molecular weight excluding hydrogens is 148 g/mol. The Hall–Kier alpha value is -0.180. The van der Waals surface area contributed by atoms with Crippen LogP contribution in [0.5, 0.6) is 0 Å². The minimum absolute atomic E-state index is 0.178. The first-order chi connectivity index (χ1) is 4.72. The molecule has 0 aromatic carbocycles. The molecule has 3 heteroatoms. The first-order valence-corrected chi connectivity index (χ1v) is 4.19. The highest BCUT2D eigenvalue weighted by Gasteiger charge is 2.14. The van der Waals surface area contributed by atoms with Gasteiger partial charge in [0, 0.05) is 0 Å². The SMILES string of the molecule is CCC[C@@H](CCS)C(=O)O. The number of carbonyl (C=O) groups is 1. The average molecular weight is 162 g/mol. The Morgan fingerprint density at radius 2 is 2.20 bits per heavy atom. The summed E-state index contributed by atoms with van der Waals surface area (Å²) in [4.78, 5) is 10.4. The van der Waals surface area contributed by atoms with Gasteiger partial charge >= 0.3 is 5.97 Å². The van der Waals surface area contributed by atoms with Crippen molar-refractivity contribution in [3.05, 3.63) is 0 Å². The molecule has 0 aliphatic heterocycles. The van der Waals surface area contributed by atoms with Crippen LogP contribution in [0.4, 0.5) is 0 Å². The van der Waals surface area contributed by atoms with Crippen LogP contribution in [0.1, 0.15) is 26.2 Å². The Labute approximate surface area is 67.0 Å². The Kier molecular flexibility index (Phi) is 5.49. The summed E-state index contributed by atoms with van der Waals surface area (Å²) in [5, 5.41) is 8.60. The largest absolute Gasteiger partial charge is 0.481 e. The van der Waals surface area contributed by atoms with E-state index in [1.807, 2.05) is 6.92 Å². The maximum atomic E-state index is 10.4. The van der Waals surface area contributed by atoms with E-state index in [2.05, 4.69) is 12.6 Å². The van der Waals surface area contributed by atoms with Crippen molar-refractivity contribution in [3.63, 3.8) is 0 Å². The van der Waals surface area contributed by atoms with Crippen LogP contribution >= 0.6 is 12.6 Å². The molecule has 0 heterocycles. The van der Waals surface area contributed by atoms with Gasteiger partial charge in [-0.25, -0.2) is 0 Å². The van der Waals surface area contributed by atoms with E-state index >= 15 is 0 Å². The molecule has 0 saturated carbocycles. The second kappa shape index (κ2) is 5.59. The number of aliphatic carboxylic acids is 1. The second-order valence-electron chi connectivity index (χ2n) is 2.34. The molecule has 60 valence electrons. The lowest BCUT2D eigenvalue weighted by Gasteiger charge is -2.07. The average Bonchev–Trinajstić information content (AvgIpc) is 1.87. The third-order valence-electron chi connectivity index (χ3n) is 1.46. The van der Waals surface area contributed by atoms with Crippen molar-refractivity contribution >= 4 is 18.6 Å². The molecule has 0 spiro atoms. The number of carboxylic acid groups (broad SMARTS) is 1. The highest BCUT2D eigenvalue weighted by atomic mass is 32.1. The van der Waals surface area contributed by atoms with Gasteiger partial charge in [-0.2, -0.15) is 12.6 Å². The van der Waals surface area contributed by atoms with Gasteiger partial charge in [-0.1, -0.05) is 13.3 Å². The minimum atomic E-state index is -0.684. The lowest BCUT2D eigenvalue weighted by atomic mass is 10.0. The minimum Gasteiger partial charge on any atom is -0.481 e. The predicted octanol–water partition coefficient (Wildman–Crippen LogP) is 1.81. The summed E-state index contributed by atoms with van der Waals surface area (Å²) in [7, 11) is 0. The van der Waals surface area contributed by atoms with Gasteiger partial charge in [0.1, 0.15) is 0 Å². The normalized spacial score (nSPS) is 13.0. The monoisotopic (exact) mass is 162 g/mol. The van der Waals surface area contributed by atoms with E-state index in [1.54, 1.807) is 0 Å². The van der Waals surface area contributed by atoms with Gasteiger partial charge in [-0.05, 0) is 18.6 Å². The van der Waals surface area contributed by atoms with Gasteiger partial charge in [0.05, 0.1) is 5.92 Å². The Morgan fingerprint density at radius 1 is 1.60 bits per heavy atom. The van der Waals surface area contributed by atoms with Crippen LogP contribution in [0.15, 0.2) is 0 Å². The molecule has 0 aliphatic carbocycles. The van der Waals surface area contributed by atoms with Crippen LogP contribution in [-0.2, 0) is 4.79 Å². The molecule has 0 unspecified atom stereocenters. The fourth-order valence-electron chi connectivity index (χ4n) is 0.896. The first kappa shape index (κ1) is 9.82. The van der Waals surface area contributed by atoms with Crippen molar-refractivity contribution in [2.75, 3.05) is 5.75 Å². The summed E-state index contributed by atoms with van der Waals surface area (Å²) < 4.78 is 0. The standard InChI is InChI=1S/C7H14O2S/c1-2-3-6(4-5-10)7(8)9/h6,10H,2-5H2,1H3,(H,8,9)/t6-/m0/s1. The van der Waals surface area contributed by atoms with Crippen LogP contribution in [0, 0.1) is 5.92 Å². The van der Waals surface area contributed by atoms with Gasteiger partial charge in [0.15, 0.2) is 0 Å². The molecular formula is C7H14O2S. The van der Waals surface area contributed by atoms with Crippen molar-refractivity contribution in [2.45, 2.75) is 26.2 Å². The third-order valence-corrected chi connectivity index (χ3v) is 1.72. The van der Waals surface area contributed by atoms with Crippen LogP contribution in [-0.4, -0.2) is 16.8 Å². The zero-order chi connectivity index (χ0) is 7.98. The molecule has 0 aromatic rings. The van der Waals surface area contributed by atoms with E-state index in [-0.39, 0.29) is 5.92 Å². The lowest BCUT2D eigenvalue weighted by Crippen LogP contribution is -2.13. The zero-order valence-electron chi connectivity index (χ0n) is 6.21. The topological polar surface area (TPSA) is 37.3 Å². The van der Waals surface area contributed by atoms with Crippen LogP contribution in [0.3, 0.4) is 0 Å². The van der Waals surface area contributed by atoms with Gasteiger partial charge in [-0.3, -0.25) is 4.79 Å². The van der Waals surface area contributed by atoms with Crippen LogP contribution in [0.2, 0.25) is 0 Å². The lowest BCUT2D eigenvalue weighted by molar-refractivity contribution is -0.142. The first-order valence-electron chi connectivity index (χ1n) is 3.56. The van der Waals surface area contributed by atoms with Crippen molar-refractivity contribution in [1.82, 2.24) is 0 Å². The molecule has 0 aliphatic rings. The molecule has 1 atom stereocenters. The Morgan fingerprint density at radius 3 is 2.50 bits per heavy atom. The highest BCUT2D eigenvalue weighted by Crippen LogP contribution is 2.11. The molecule has 0 rings (SSSR count). The van der Waals surface area contributed by atoms with Crippen molar-refractivity contribution in [2.24, 2.45) is 5.92 Å². The van der Waals surface area contributed by atoms with Crippen molar-refractivity contribution < 1.29 is 9.90 Å². The molecule has 10 heavy (non-hydrogen) atoms. The van der Waals surface area contributed by atoms with Gasteiger partial charge in [0.2, 0.25) is 0 Å². The van der Waals surface area contributed by atoms with E-state index in [0.717, 1.165) is 12.8 Å². The molecule has 2 nitrogen and oxygen atoms in total. The van der Waals surface area contributed by atoms with Crippen molar-refractivity contribution in [1.29, 1.82) is 0 Å². The summed E-state index contributed by atoms with van der Waals surface area (Å²) in [5.41, 5.74) is 0. The van der Waals surface area contributed by atoms with E-state index in [1.165, 1.54) is 0 Å². The number of carboxylic acids is 1. The summed E-state index contributed by atoms with van der Waals surface area (Å²) in [6.45, 7) is 1.99. The van der Waals surface area contributed by atoms with Gasteiger partial charge in [0.25, 0.3) is 0 Å². The van der Waals surface area contributed by atoms with Crippen LogP contribution < -0.4 is 0 Å². The summed E-state index contributed by atoms with van der Waals surface area (Å²) in [5.74, 6) is -0.199. The van der Waals surface area contributed by atoms with E-state index in [0.29, 0.717) is 12.2 Å². The Bertz CT molecular complexity index is 97.8. The van der Waals surface area contributed by atoms with E-state index in [9.17, 15) is 4.79 Å². The quantitative estimate of drug-likeness (QED) is 0.605. The second-order valence-corrected chi connectivity index (χ2v) is 2.78. The molecule has 0 bridgehead atoms. The van der Waals surface area contributed by atoms with E-state index < -0.39 is 5.97 Å². The number of rotatable bonds is 5. The molecule has 0 amide bonds.